The lowest BCUT2D eigenvalue weighted by atomic mass is 9.74. The van der Waals surface area contributed by atoms with E-state index in [2.05, 4.69) is 241 Å². The van der Waals surface area contributed by atoms with Crippen molar-refractivity contribution in [2.24, 2.45) is 0 Å². The Morgan fingerprint density at radius 2 is 0.477 bits per heavy atom. The quantitative estimate of drug-likeness (QED) is 0.0274. The Morgan fingerprint density at radius 3 is 0.762 bits per heavy atom. The molecule has 6 aromatic carbocycles. The second kappa shape index (κ2) is 67.5. The molecule has 0 spiro atoms. The summed E-state index contributed by atoms with van der Waals surface area (Å²) in [6.07, 6.45) is 68.8. The second-order valence-corrected chi connectivity index (χ2v) is 45.1. The molecule has 6 aromatic rings. The van der Waals surface area contributed by atoms with Crippen molar-refractivity contribution < 1.29 is 40.7 Å². The predicted octanol–water partition coefficient (Wildman–Crippen LogP) is 40.6. The normalized spacial score (nSPS) is 12.8. The third-order valence-electron chi connectivity index (χ3n) is 26.4. The molecule has 734 valence electrons. The highest BCUT2D eigenvalue weighted by molar-refractivity contribution is 7.43. The van der Waals surface area contributed by atoms with Crippen LogP contribution in [-0.4, -0.2) is 19.8 Å². The Bertz CT molecular complexity index is 3800. The van der Waals surface area contributed by atoms with Crippen molar-refractivity contribution in [3.63, 3.8) is 0 Å². The van der Waals surface area contributed by atoms with Crippen molar-refractivity contribution >= 4 is 25.8 Å². The highest BCUT2D eigenvalue weighted by Crippen LogP contribution is 2.53. The fourth-order valence-electron chi connectivity index (χ4n) is 18.3. The van der Waals surface area contributed by atoms with E-state index < -0.39 is 25.8 Å². The monoisotopic (exact) mass is 1850 g/mol. The smallest absolute Gasteiger partial charge is 0.426 e. The molecule has 0 saturated carbocycles. The summed E-state index contributed by atoms with van der Waals surface area (Å²) in [7, 11) is -5.53. The molecule has 0 saturated heterocycles. The van der Waals surface area contributed by atoms with Gasteiger partial charge in [0.15, 0.2) is 0 Å². The van der Waals surface area contributed by atoms with Gasteiger partial charge in [0.2, 0.25) is 0 Å². The van der Waals surface area contributed by atoms with Crippen LogP contribution in [0.1, 0.15) is 523 Å². The van der Waals surface area contributed by atoms with Crippen LogP contribution in [-0.2, 0) is 49.1 Å². The molecule has 0 fully saturated rings. The van der Waals surface area contributed by atoms with E-state index >= 15 is 0 Å². The molecular weight excluding hydrogens is 1650 g/mol. The van der Waals surface area contributed by atoms with E-state index in [4.69, 9.17) is 40.7 Å². The van der Waals surface area contributed by atoms with Crippen LogP contribution in [0.3, 0.4) is 0 Å². The zero-order chi connectivity index (χ0) is 93.9. The molecule has 0 heterocycles. The van der Waals surface area contributed by atoms with E-state index in [9.17, 15) is 0 Å². The second-order valence-electron chi connectivity index (χ2n) is 41.9. The number of hydrogen-bond acceptors (Lipinski definition) is 9. The fourth-order valence-corrected chi connectivity index (χ4v) is 21.4. The predicted molar refractivity (Wildman–Crippen MR) is 567 cm³/mol. The molecule has 0 aliphatic rings. The van der Waals surface area contributed by atoms with Gasteiger partial charge in [-0.3, -0.25) is 4.52 Å². The van der Waals surface area contributed by atoms with Crippen molar-refractivity contribution in [3.05, 3.63) is 176 Å². The van der Waals surface area contributed by atoms with Gasteiger partial charge in [-0.05, 0) is 212 Å². The Kier molecular flexibility index (Phi) is 59.2. The molecule has 0 aliphatic carbocycles. The lowest BCUT2D eigenvalue weighted by Crippen LogP contribution is -2.19. The van der Waals surface area contributed by atoms with Crippen LogP contribution in [0.5, 0.6) is 34.5 Å². The third-order valence-corrected chi connectivity index (χ3v) is 29.7. The SMILES string of the molecule is CCCCCCCCCCCCCOP(OCCCCCCCCCCCCC)Oc1cc(C)c(C(CC(C)c2cc(C(C)(C)C)c(OP(Oc3cccc(CCCCCCCC)c3)Oc3cccc(CCCCCCCC)c3)cc2C)c2cc(C(C)(C)C)c(OP(OCCCCCCCCCCCCC)Oc3cccc(CCCCCCCC)c3)cc2C)cc1C(C)(C)C. The molecule has 0 amide bonds. The average molecular weight is 1850 g/mol. The van der Waals surface area contributed by atoms with Gasteiger partial charge in [-0.15, -0.1) is 0 Å². The number of aryl methyl sites for hydroxylation is 6. The molecule has 3 unspecified atom stereocenters. The van der Waals surface area contributed by atoms with Crippen LogP contribution in [0.2, 0.25) is 0 Å². The molecule has 9 nitrogen and oxygen atoms in total. The summed E-state index contributed by atoms with van der Waals surface area (Å²) in [6, 6.07) is 40.5. The Morgan fingerprint density at radius 1 is 0.246 bits per heavy atom. The first-order chi connectivity index (χ1) is 62.9. The van der Waals surface area contributed by atoms with Gasteiger partial charge >= 0.3 is 25.8 Å². The maximum atomic E-state index is 7.40. The largest absolute Gasteiger partial charge is 0.530 e. The van der Waals surface area contributed by atoms with Crippen molar-refractivity contribution in [1.82, 2.24) is 0 Å². The Balaban J connectivity index is 1.45. The van der Waals surface area contributed by atoms with Crippen molar-refractivity contribution in [2.75, 3.05) is 19.8 Å². The molecule has 130 heavy (non-hydrogen) atoms. The van der Waals surface area contributed by atoms with Crippen LogP contribution in [0, 0.1) is 20.8 Å². The van der Waals surface area contributed by atoms with E-state index in [1.54, 1.807) is 0 Å². The van der Waals surface area contributed by atoms with Crippen LogP contribution >= 0.6 is 25.8 Å². The Labute approximate surface area is 804 Å². The van der Waals surface area contributed by atoms with Gasteiger partial charge in [-0.1, -0.05) is 454 Å². The first kappa shape index (κ1) is 114. The number of rotatable bonds is 77. The van der Waals surface area contributed by atoms with Gasteiger partial charge in [0, 0.05) is 22.6 Å². The van der Waals surface area contributed by atoms with Gasteiger partial charge in [-0.25, -0.2) is 0 Å². The summed E-state index contributed by atoms with van der Waals surface area (Å²) in [5, 5.41) is 0. The van der Waals surface area contributed by atoms with Crippen molar-refractivity contribution in [3.8, 4) is 34.5 Å². The molecule has 0 aromatic heterocycles. The minimum atomic E-state index is -1.98. The third kappa shape index (κ3) is 47.4. The zero-order valence-corrected chi connectivity index (χ0v) is 89.8. The van der Waals surface area contributed by atoms with Gasteiger partial charge in [0.05, 0.1) is 19.8 Å². The number of hydrogen-bond donors (Lipinski definition) is 0. The number of benzene rings is 6. The minimum absolute atomic E-state index is 0.0717. The van der Waals surface area contributed by atoms with E-state index in [1.165, 1.54) is 326 Å². The molecule has 6 rings (SSSR count). The summed E-state index contributed by atoms with van der Waals surface area (Å²) in [4.78, 5) is 0. The standard InChI is InChI=1S/C118H193O9P3/c1-20-26-32-38-44-47-50-53-56-62-68-83-119-128(120-84-69-63-57-54-51-48-45-39-33-27-21-2)125-113-88-98(9)107(94-111(113)117(14,15)16)109(108-95-112(118(17,18)19)114(89-99(108)10)126-129(121-85-70-64-58-55-52-49-46-40-34-28-22-3)122-103-80-71-77-100(90-103)74-65-59-41-35-29-23-4)86-96(7)106-93-110(116(11,12)13)115(87-97(106)8)127-130(123-104-81-72-78-101(91-104)75-66-60-42-36-30-24-5)124-105-82-73-79-102(92-105)76-67-61-43-37-31-25-6/h71-73,77-82,87-96,109H,20-70,74-76,83-86H2,1-19H3. The maximum Gasteiger partial charge on any atom is 0.530 e. The Hall–Kier alpha value is -4.71. The summed E-state index contributed by atoms with van der Waals surface area (Å²) in [6.45, 7) is 46.0. The first-order valence-electron chi connectivity index (χ1n) is 54.0. The lowest BCUT2D eigenvalue weighted by Gasteiger charge is -2.33. The van der Waals surface area contributed by atoms with Crippen LogP contribution < -0.4 is 27.1 Å². The molecule has 0 aliphatic heterocycles. The number of unbranched alkanes of at least 4 members (excludes halogenated alkanes) is 45. The zero-order valence-electron chi connectivity index (χ0n) is 87.1. The molecular formula is C118H193O9P3. The van der Waals surface area contributed by atoms with Crippen molar-refractivity contribution in [1.29, 1.82) is 0 Å². The topological polar surface area (TPSA) is 83.1 Å². The first-order valence-corrected chi connectivity index (χ1v) is 57.3. The lowest BCUT2D eigenvalue weighted by molar-refractivity contribution is 0.197. The molecule has 0 N–H and O–H groups in total. The van der Waals surface area contributed by atoms with E-state index in [0.717, 1.165) is 128 Å². The van der Waals surface area contributed by atoms with Gasteiger partial charge in [-0.2, -0.15) is 0 Å². The molecule has 12 heteroatoms. The van der Waals surface area contributed by atoms with Gasteiger partial charge in [0.1, 0.15) is 34.5 Å². The summed E-state index contributed by atoms with van der Waals surface area (Å²) < 4.78 is 63.9. The van der Waals surface area contributed by atoms with Crippen LogP contribution in [0.4, 0.5) is 0 Å². The maximum absolute atomic E-state index is 7.40. The van der Waals surface area contributed by atoms with Crippen molar-refractivity contribution in [2.45, 2.75) is 513 Å². The minimum Gasteiger partial charge on any atom is -0.426 e. The fraction of sp³-hybridized carbons (Fsp3) is 0.695. The average Bonchev–Trinajstić information content (AvgIpc) is 0.758. The van der Waals surface area contributed by atoms with Gasteiger partial charge in [0.25, 0.3) is 0 Å². The van der Waals surface area contributed by atoms with E-state index in [1.807, 2.05) is 0 Å². The molecule has 0 bridgehead atoms. The summed E-state index contributed by atoms with van der Waals surface area (Å²) in [5.74, 6) is 4.79. The highest BCUT2D eigenvalue weighted by Gasteiger charge is 2.35. The van der Waals surface area contributed by atoms with Crippen LogP contribution in [0.15, 0.2) is 109 Å². The summed E-state index contributed by atoms with van der Waals surface area (Å²) in [5.41, 5.74) is 13.7. The molecule has 0 radical (unpaired) electrons. The highest BCUT2D eigenvalue weighted by atomic mass is 31.2. The van der Waals surface area contributed by atoms with E-state index in [-0.39, 0.29) is 28.1 Å². The molecule has 3 atom stereocenters. The van der Waals surface area contributed by atoms with E-state index in [0.29, 0.717) is 19.8 Å². The summed E-state index contributed by atoms with van der Waals surface area (Å²) >= 11 is 0. The van der Waals surface area contributed by atoms with Gasteiger partial charge < -0.3 is 36.2 Å². The van der Waals surface area contributed by atoms with Crippen LogP contribution in [0.25, 0.3) is 0 Å².